The lowest BCUT2D eigenvalue weighted by Crippen LogP contribution is -2.28. The molecule has 4 aromatic rings. The largest absolute Gasteiger partial charge is 0.262 e. The molecule has 4 nitrogen and oxygen atoms in total. The van der Waals surface area contributed by atoms with Gasteiger partial charge < -0.3 is 0 Å². The van der Waals surface area contributed by atoms with Crippen molar-refractivity contribution >= 4 is 10.9 Å². The van der Waals surface area contributed by atoms with Crippen molar-refractivity contribution in [1.29, 1.82) is 0 Å². The maximum atomic E-state index is 15.4. The summed E-state index contributed by atoms with van der Waals surface area (Å²) >= 11 is 0. The molecule has 0 spiro atoms. The van der Waals surface area contributed by atoms with Gasteiger partial charge in [0.05, 0.1) is 5.52 Å². The van der Waals surface area contributed by atoms with Crippen LogP contribution < -0.4 is 0 Å². The standard InChI is InChI=1S/C25H24F2N4/c1-15(24-29-25(31-30-24)16-6-9-18(26)10-7-16)17-8-11-20(22(27)14-17)19-12-13-28-23-5-3-2-4-21(19)23/h2-7,9-10,12-13,15,17,20,22H,8,11,14H2,1H3,(H,29,30,31)/t15-,17+,20+,22+/m1/s1. The first-order valence-corrected chi connectivity index (χ1v) is 10.8. The molecule has 0 amide bonds. The maximum Gasteiger partial charge on any atom is 0.181 e. The molecule has 0 unspecified atom stereocenters. The molecule has 1 aliphatic carbocycles. The highest BCUT2D eigenvalue weighted by molar-refractivity contribution is 5.82. The van der Waals surface area contributed by atoms with Gasteiger partial charge in [0.25, 0.3) is 0 Å². The molecule has 0 radical (unpaired) electrons. The summed E-state index contributed by atoms with van der Waals surface area (Å²) in [5.74, 6) is 1.14. The zero-order valence-electron chi connectivity index (χ0n) is 17.3. The topological polar surface area (TPSA) is 54.5 Å². The summed E-state index contributed by atoms with van der Waals surface area (Å²) < 4.78 is 28.6. The molecule has 1 aliphatic rings. The summed E-state index contributed by atoms with van der Waals surface area (Å²) in [7, 11) is 0. The Morgan fingerprint density at radius 3 is 2.65 bits per heavy atom. The van der Waals surface area contributed by atoms with E-state index in [1.807, 2.05) is 30.3 Å². The van der Waals surface area contributed by atoms with Gasteiger partial charge in [-0.15, -0.1) is 0 Å². The number of H-pyrrole nitrogens is 1. The number of benzene rings is 2. The predicted molar refractivity (Wildman–Crippen MR) is 117 cm³/mol. The lowest BCUT2D eigenvalue weighted by Gasteiger charge is -2.34. The number of pyridine rings is 1. The van der Waals surface area contributed by atoms with E-state index in [0.717, 1.165) is 40.7 Å². The van der Waals surface area contributed by atoms with Crippen LogP contribution in [0.2, 0.25) is 0 Å². The van der Waals surface area contributed by atoms with Gasteiger partial charge in [0.1, 0.15) is 17.8 Å². The highest BCUT2D eigenvalue weighted by Gasteiger charge is 2.36. The van der Waals surface area contributed by atoms with Crippen LogP contribution in [0.3, 0.4) is 0 Å². The minimum absolute atomic E-state index is 0.0649. The van der Waals surface area contributed by atoms with Crippen LogP contribution in [0.4, 0.5) is 8.78 Å². The zero-order valence-corrected chi connectivity index (χ0v) is 17.3. The van der Waals surface area contributed by atoms with Crippen molar-refractivity contribution in [2.75, 3.05) is 0 Å². The fourth-order valence-corrected chi connectivity index (χ4v) is 4.82. The van der Waals surface area contributed by atoms with Gasteiger partial charge in [-0.3, -0.25) is 10.1 Å². The number of para-hydroxylation sites is 1. The minimum atomic E-state index is -0.911. The zero-order chi connectivity index (χ0) is 21.4. The molecule has 6 heteroatoms. The Morgan fingerprint density at radius 2 is 1.84 bits per heavy atom. The number of nitrogens with one attached hydrogen (secondary N) is 1. The van der Waals surface area contributed by atoms with E-state index in [1.165, 1.54) is 12.1 Å². The van der Waals surface area contributed by atoms with Gasteiger partial charge in [-0.1, -0.05) is 25.1 Å². The van der Waals surface area contributed by atoms with E-state index in [4.69, 9.17) is 0 Å². The normalized spacial score (nSPS) is 22.5. The van der Waals surface area contributed by atoms with E-state index in [9.17, 15) is 4.39 Å². The van der Waals surface area contributed by atoms with Gasteiger partial charge in [-0.2, -0.15) is 5.10 Å². The van der Waals surface area contributed by atoms with Crippen molar-refractivity contribution in [3.8, 4) is 11.4 Å². The third kappa shape index (κ3) is 3.82. The Labute approximate surface area is 179 Å². The summed E-state index contributed by atoms with van der Waals surface area (Å²) in [5, 5.41) is 8.35. The smallest absolute Gasteiger partial charge is 0.181 e. The van der Waals surface area contributed by atoms with Crippen LogP contribution in [0.1, 0.15) is 49.4 Å². The fraction of sp³-hybridized carbons (Fsp3) is 0.320. The molecule has 0 saturated heterocycles. The summed E-state index contributed by atoms with van der Waals surface area (Å²) in [6, 6.07) is 16.0. The molecular formula is C25H24F2N4. The van der Waals surface area contributed by atoms with E-state index in [1.54, 1.807) is 18.3 Å². The molecule has 1 saturated carbocycles. The Bertz CT molecular complexity index is 1180. The molecule has 0 bridgehead atoms. The molecule has 31 heavy (non-hydrogen) atoms. The van der Waals surface area contributed by atoms with Crippen molar-refractivity contribution in [3.05, 3.63) is 78.0 Å². The number of hydrogen-bond donors (Lipinski definition) is 1. The number of hydrogen-bond acceptors (Lipinski definition) is 3. The molecule has 5 rings (SSSR count). The fourth-order valence-electron chi connectivity index (χ4n) is 4.82. The average molecular weight is 418 g/mol. The molecule has 1 fully saturated rings. The molecular weight excluding hydrogens is 394 g/mol. The van der Waals surface area contributed by atoms with E-state index in [0.29, 0.717) is 12.2 Å². The quantitative estimate of drug-likeness (QED) is 0.430. The molecule has 158 valence electrons. The molecule has 2 aromatic carbocycles. The van der Waals surface area contributed by atoms with Crippen LogP contribution in [-0.2, 0) is 0 Å². The summed E-state index contributed by atoms with van der Waals surface area (Å²) in [4.78, 5) is 9.02. The second-order valence-corrected chi connectivity index (χ2v) is 8.45. The van der Waals surface area contributed by atoms with Crippen LogP contribution in [-0.4, -0.2) is 26.3 Å². The highest BCUT2D eigenvalue weighted by Crippen LogP contribution is 2.44. The van der Waals surface area contributed by atoms with Crippen molar-refractivity contribution in [1.82, 2.24) is 20.2 Å². The van der Waals surface area contributed by atoms with Gasteiger partial charge in [0.2, 0.25) is 0 Å². The number of rotatable bonds is 4. The number of halogens is 2. The Hall–Kier alpha value is -3.15. The summed E-state index contributed by atoms with van der Waals surface area (Å²) in [6.07, 6.45) is 3.09. The lowest BCUT2D eigenvalue weighted by molar-refractivity contribution is 0.155. The highest BCUT2D eigenvalue weighted by atomic mass is 19.1. The molecule has 2 heterocycles. The number of alkyl halides is 1. The van der Waals surface area contributed by atoms with Gasteiger partial charge in [-0.25, -0.2) is 13.8 Å². The van der Waals surface area contributed by atoms with Gasteiger partial charge in [-0.05, 0) is 67.1 Å². The first kappa shape index (κ1) is 19.8. The molecule has 0 aliphatic heterocycles. The number of fused-ring (bicyclic) bond motifs is 1. The van der Waals surface area contributed by atoms with Crippen LogP contribution in [0, 0.1) is 11.7 Å². The Morgan fingerprint density at radius 1 is 1.03 bits per heavy atom. The van der Waals surface area contributed by atoms with Crippen molar-refractivity contribution in [3.63, 3.8) is 0 Å². The number of nitrogens with zero attached hydrogens (tertiary/aromatic N) is 3. The second-order valence-electron chi connectivity index (χ2n) is 8.45. The van der Waals surface area contributed by atoms with Crippen molar-refractivity contribution < 1.29 is 8.78 Å². The Balaban J connectivity index is 1.32. The van der Waals surface area contributed by atoms with Crippen LogP contribution in [0.25, 0.3) is 22.3 Å². The van der Waals surface area contributed by atoms with E-state index in [2.05, 4.69) is 27.1 Å². The van der Waals surface area contributed by atoms with Crippen molar-refractivity contribution in [2.24, 2.45) is 5.92 Å². The third-order valence-electron chi connectivity index (χ3n) is 6.64. The van der Waals surface area contributed by atoms with Crippen LogP contribution in [0.15, 0.2) is 60.8 Å². The van der Waals surface area contributed by atoms with Gasteiger partial charge in [0.15, 0.2) is 5.82 Å². The lowest BCUT2D eigenvalue weighted by atomic mass is 9.72. The third-order valence-corrected chi connectivity index (χ3v) is 6.64. The minimum Gasteiger partial charge on any atom is -0.262 e. The average Bonchev–Trinajstić information content (AvgIpc) is 3.29. The molecule has 1 N–H and O–H groups in total. The van der Waals surface area contributed by atoms with Crippen LogP contribution in [0.5, 0.6) is 0 Å². The summed E-state index contributed by atoms with van der Waals surface area (Å²) in [5.41, 5.74) is 2.73. The van der Waals surface area contributed by atoms with Gasteiger partial charge in [0, 0.05) is 29.0 Å². The van der Waals surface area contributed by atoms with E-state index >= 15 is 4.39 Å². The van der Waals surface area contributed by atoms with E-state index in [-0.39, 0.29) is 23.6 Å². The van der Waals surface area contributed by atoms with Crippen molar-refractivity contribution in [2.45, 2.75) is 44.2 Å². The summed E-state index contributed by atoms with van der Waals surface area (Å²) in [6.45, 7) is 2.08. The second kappa shape index (κ2) is 8.17. The maximum absolute atomic E-state index is 15.4. The number of aromatic amines is 1. The first-order chi connectivity index (χ1) is 15.1. The molecule has 2 aromatic heterocycles. The predicted octanol–water partition coefficient (Wildman–Crippen LogP) is 6.18. The van der Waals surface area contributed by atoms with Crippen LogP contribution >= 0.6 is 0 Å². The van der Waals surface area contributed by atoms with Gasteiger partial charge >= 0.3 is 0 Å². The Kier molecular flexibility index (Phi) is 5.22. The SMILES string of the molecule is C[C@@H](c1nc(-c2ccc(F)cc2)n[nH]1)[C@H]1CC[C@@H](c2ccnc3ccccc23)[C@@H](F)C1. The molecule has 4 atom stereocenters. The first-order valence-electron chi connectivity index (χ1n) is 10.8. The monoisotopic (exact) mass is 418 g/mol. The van der Waals surface area contributed by atoms with E-state index < -0.39 is 6.17 Å². The number of aromatic nitrogens is 4.